The van der Waals surface area contributed by atoms with Crippen molar-refractivity contribution in [3.63, 3.8) is 0 Å². The number of imide groups is 1. The van der Waals surface area contributed by atoms with Crippen molar-refractivity contribution in [1.82, 2.24) is 14.7 Å². The van der Waals surface area contributed by atoms with Gasteiger partial charge in [-0.1, -0.05) is 0 Å². The Hall–Kier alpha value is -1.79. The molecule has 2 saturated heterocycles. The van der Waals surface area contributed by atoms with Crippen LogP contribution in [0.4, 0.5) is 9.59 Å². The van der Waals surface area contributed by atoms with Gasteiger partial charge in [-0.15, -0.1) is 0 Å². The number of piperidine rings is 1. The minimum atomic E-state index is -0.782. The highest BCUT2D eigenvalue weighted by molar-refractivity contribution is 6.07. The molecule has 0 aromatic carbocycles. The van der Waals surface area contributed by atoms with E-state index < -0.39 is 5.54 Å². The number of urea groups is 1. The highest BCUT2D eigenvalue weighted by Gasteiger charge is 2.56. The van der Waals surface area contributed by atoms with Gasteiger partial charge in [-0.05, 0) is 26.7 Å². The summed E-state index contributed by atoms with van der Waals surface area (Å²) in [4.78, 5) is 40.6. The minimum absolute atomic E-state index is 0.143. The Morgan fingerprint density at radius 1 is 1.25 bits per heavy atom. The van der Waals surface area contributed by atoms with E-state index in [4.69, 9.17) is 4.74 Å². The third-order valence-corrected chi connectivity index (χ3v) is 4.24. The molecule has 20 heavy (non-hydrogen) atoms. The van der Waals surface area contributed by atoms with E-state index in [0.29, 0.717) is 39.1 Å². The lowest BCUT2D eigenvalue weighted by molar-refractivity contribution is -0.135. The van der Waals surface area contributed by atoms with Gasteiger partial charge in [0.15, 0.2) is 0 Å². The molecular formula is C13H21N3O4. The molecule has 0 aliphatic carbocycles. The van der Waals surface area contributed by atoms with Gasteiger partial charge < -0.3 is 14.5 Å². The number of likely N-dealkylation sites (N-methyl/N-ethyl adjacent to an activating group) is 2. The number of amides is 4. The molecule has 2 heterocycles. The molecular weight excluding hydrogens is 262 g/mol. The van der Waals surface area contributed by atoms with E-state index in [1.165, 1.54) is 9.80 Å². The van der Waals surface area contributed by atoms with E-state index in [1.807, 2.05) is 0 Å². The van der Waals surface area contributed by atoms with E-state index >= 15 is 0 Å². The SMILES string of the molecule is CCOC(=O)N1CCC2(CC1)C(=O)N(CC)C(=O)N2C. The van der Waals surface area contributed by atoms with Crippen LogP contribution in [0.1, 0.15) is 26.7 Å². The van der Waals surface area contributed by atoms with Crippen LogP contribution in [0, 0.1) is 0 Å². The Bertz CT molecular complexity index is 429. The van der Waals surface area contributed by atoms with Crippen molar-refractivity contribution in [2.24, 2.45) is 0 Å². The second kappa shape index (κ2) is 5.30. The van der Waals surface area contributed by atoms with Gasteiger partial charge in [0.2, 0.25) is 0 Å². The van der Waals surface area contributed by atoms with Crippen LogP contribution in [0.15, 0.2) is 0 Å². The summed E-state index contributed by atoms with van der Waals surface area (Å²) in [5, 5.41) is 0. The Labute approximate surface area is 118 Å². The lowest BCUT2D eigenvalue weighted by Crippen LogP contribution is -2.56. The summed E-state index contributed by atoms with van der Waals surface area (Å²) in [6.45, 7) is 5.12. The van der Waals surface area contributed by atoms with Crippen molar-refractivity contribution < 1.29 is 19.1 Å². The zero-order valence-corrected chi connectivity index (χ0v) is 12.2. The van der Waals surface area contributed by atoms with Crippen molar-refractivity contribution in [2.75, 3.05) is 33.3 Å². The Morgan fingerprint density at radius 3 is 2.30 bits per heavy atom. The fourth-order valence-corrected chi connectivity index (χ4v) is 2.95. The Kier molecular flexibility index (Phi) is 3.87. The topological polar surface area (TPSA) is 70.2 Å². The van der Waals surface area contributed by atoms with Crippen molar-refractivity contribution >= 4 is 18.0 Å². The summed E-state index contributed by atoms with van der Waals surface area (Å²) in [6.07, 6.45) is 0.571. The summed E-state index contributed by atoms with van der Waals surface area (Å²) in [5.74, 6) is -0.143. The third kappa shape index (κ3) is 2.01. The van der Waals surface area contributed by atoms with Gasteiger partial charge >= 0.3 is 12.1 Å². The average Bonchev–Trinajstić information content (AvgIpc) is 2.62. The van der Waals surface area contributed by atoms with E-state index in [1.54, 1.807) is 25.8 Å². The molecule has 112 valence electrons. The number of ether oxygens (including phenoxy) is 1. The summed E-state index contributed by atoms with van der Waals surface area (Å²) < 4.78 is 4.96. The van der Waals surface area contributed by atoms with Crippen molar-refractivity contribution in [3.05, 3.63) is 0 Å². The molecule has 2 aliphatic rings. The van der Waals surface area contributed by atoms with Gasteiger partial charge in [-0.2, -0.15) is 0 Å². The second-order valence-electron chi connectivity index (χ2n) is 5.11. The van der Waals surface area contributed by atoms with Gasteiger partial charge in [-0.25, -0.2) is 9.59 Å². The van der Waals surface area contributed by atoms with Crippen molar-refractivity contribution in [3.8, 4) is 0 Å². The summed E-state index contributed by atoms with van der Waals surface area (Å²) >= 11 is 0. The molecule has 4 amide bonds. The zero-order valence-electron chi connectivity index (χ0n) is 12.2. The average molecular weight is 283 g/mol. The lowest BCUT2D eigenvalue weighted by Gasteiger charge is -2.40. The fraction of sp³-hybridized carbons (Fsp3) is 0.769. The van der Waals surface area contributed by atoms with E-state index in [9.17, 15) is 14.4 Å². The smallest absolute Gasteiger partial charge is 0.409 e. The van der Waals surface area contributed by atoms with Crippen LogP contribution in [0.25, 0.3) is 0 Å². The van der Waals surface area contributed by atoms with Crippen LogP contribution in [0.5, 0.6) is 0 Å². The largest absolute Gasteiger partial charge is 0.450 e. The molecule has 0 aromatic heterocycles. The molecule has 0 atom stereocenters. The van der Waals surface area contributed by atoms with Gasteiger partial charge in [-0.3, -0.25) is 9.69 Å². The van der Waals surface area contributed by atoms with E-state index in [2.05, 4.69) is 0 Å². The summed E-state index contributed by atoms with van der Waals surface area (Å²) in [7, 11) is 1.66. The number of nitrogens with zero attached hydrogens (tertiary/aromatic N) is 3. The van der Waals surface area contributed by atoms with Crippen LogP contribution in [-0.2, 0) is 9.53 Å². The van der Waals surface area contributed by atoms with Crippen LogP contribution in [-0.4, -0.2) is 71.6 Å². The number of hydrogen-bond donors (Lipinski definition) is 0. The van der Waals surface area contributed by atoms with Crippen LogP contribution in [0.2, 0.25) is 0 Å². The quantitative estimate of drug-likeness (QED) is 0.706. The summed E-state index contributed by atoms with van der Waals surface area (Å²) in [6, 6.07) is -0.248. The molecule has 0 unspecified atom stereocenters. The predicted octanol–water partition coefficient (Wildman–Crippen LogP) is 0.891. The minimum Gasteiger partial charge on any atom is -0.450 e. The first kappa shape index (κ1) is 14.6. The van der Waals surface area contributed by atoms with Crippen LogP contribution >= 0.6 is 0 Å². The first-order valence-corrected chi connectivity index (χ1v) is 6.99. The van der Waals surface area contributed by atoms with Crippen molar-refractivity contribution in [2.45, 2.75) is 32.2 Å². The van der Waals surface area contributed by atoms with Gasteiger partial charge in [0.25, 0.3) is 5.91 Å². The molecule has 0 aromatic rings. The second-order valence-corrected chi connectivity index (χ2v) is 5.11. The molecule has 1 spiro atoms. The van der Waals surface area contributed by atoms with Crippen molar-refractivity contribution in [1.29, 1.82) is 0 Å². The molecule has 2 fully saturated rings. The fourth-order valence-electron chi connectivity index (χ4n) is 2.95. The molecule has 0 N–H and O–H groups in total. The molecule has 7 nitrogen and oxygen atoms in total. The maximum Gasteiger partial charge on any atom is 0.409 e. The number of carbonyl (C=O) groups excluding carboxylic acids is 3. The number of hydrogen-bond acceptors (Lipinski definition) is 4. The number of likely N-dealkylation sites (tertiary alicyclic amines) is 1. The molecule has 7 heteroatoms. The molecule has 2 rings (SSSR count). The lowest BCUT2D eigenvalue weighted by atomic mass is 9.86. The highest BCUT2D eigenvalue weighted by Crippen LogP contribution is 2.36. The maximum atomic E-state index is 12.5. The standard InChI is InChI=1S/C13H21N3O4/c1-4-16-10(17)13(14(3)11(16)18)6-8-15(9-7-13)12(19)20-5-2/h4-9H2,1-3H3. The van der Waals surface area contributed by atoms with Crippen LogP contribution < -0.4 is 0 Å². The number of rotatable bonds is 2. The van der Waals surface area contributed by atoms with Gasteiger partial charge in [0, 0.05) is 26.7 Å². The molecule has 2 aliphatic heterocycles. The predicted molar refractivity (Wildman–Crippen MR) is 71.1 cm³/mol. The Morgan fingerprint density at radius 2 is 1.85 bits per heavy atom. The van der Waals surface area contributed by atoms with E-state index in [-0.39, 0.29) is 18.0 Å². The first-order valence-electron chi connectivity index (χ1n) is 6.99. The number of carbonyl (C=O) groups is 3. The molecule has 0 radical (unpaired) electrons. The van der Waals surface area contributed by atoms with Gasteiger partial charge in [0.1, 0.15) is 5.54 Å². The Balaban J connectivity index is 2.10. The zero-order chi connectivity index (χ0) is 14.9. The van der Waals surface area contributed by atoms with E-state index in [0.717, 1.165) is 0 Å². The highest BCUT2D eigenvalue weighted by atomic mass is 16.6. The third-order valence-electron chi connectivity index (χ3n) is 4.24. The molecule has 0 saturated carbocycles. The normalized spacial score (nSPS) is 21.9. The maximum absolute atomic E-state index is 12.5. The summed E-state index contributed by atoms with van der Waals surface area (Å²) in [5.41, 5.74) is -0.782. The molecule has 0 bridgehead atoms. The van der Waals surface area contributed by atoms with Crippen LogP contribution in [0.3, 0.4) is 0 Å². The van der Waals surface area contributed by atoms with Gasteiger partial charge in [0.05, 0.1) is 6.61 Å². The first-order chi connectivity index (χ1) is 9.47. The monoisotopic (exact) mass is 283 g/mol.